The third kappa shape index (κ3) is 4.18. The molecular formula is C26H29N3O2S2. The van der Waals surface area contributed by atoms with Gasteiger partial charge in [0.25, 0.3) is 5.91 Å². The number of benzene rings is 1. The molecular weight excluding hydrogens is 450 g/mol. The van der Waals surface area contributed by atoms with Crippen LogP contribution in [-0.4, -0.2) is 52.5 Å². The maximum absolute atomic E-state index is 13.8. The minimum atomic E-state index is -0.163. The lowest BCUT2D eigenvalue weighted by atomic mass is 10.0. The van der Waals surface area contributed by atoms with Crippen LogP contribution in [0.4, 0.5) is 0 Å². The monoisotopic (exact) mass is 479 g/mol. The average Bonchev–Trinajstić information content (AvgIpc) is 3.28. The van der Waals surface area contributed by atoms with E-state index in [0.29, 0.717) is 31.1 Å². The number of carbonyl (C=O) groups excluding carboxylic acids is 1. The molecule has 7 heteroatoms. The number of nitrogens with zero attached hydrogens (tertiary/aromatic N) is 3. The van der Waals surface area contributed by atoms with Crippen LogP contribution in [0.2, 0.25) is 0 Å². The molecule has 5 nitrogen and oxygen atoms in total. The summed E-state index contributed by atoms with van der Waals surface area (Å²) in [7, 11) is 0. The Bertz CT molecular complexity index is 1220. The number of hydrogen-bond acceptors (Lipinski definition) is 5. The predicted molar refractivity (Wildman–Crippen MR) is 136 cm³/mol. The fraction of sp³-hybridized carbons (Fsp3) is 0.385. The molecule has 3 aromatic rings. The van der Waals surface area contributed by atoms with Crippen LogP contribution in [0.1, 0.15) is 46.4 Å². The largest absolute Gasteiger partial charge is 0.336 e. The Kier molecular flexibility index (Phi) is 6.20. The Morgan fingerprint density at radius 2 is 1.85 bits per heavy atom. The molecule has 172 valence electrons. The minimum Gasteiger partial charge on any atom is -0.336 e. The number of piperazine rings is 1. The van der Waals surface area contributed by atoms with Gasteiger partial charge < -0.3 is 9.47 Å². The fourth-order valence-electron chi connectivity index (χ4n) is 4.91. The molecule has 2 aliphatic heterocycles. The van der Waals surface area contributed by atoms with Gasteiger partial charge >= 0.3 is 0 Å². The van der Waals surface area contributed by atoms with Crippen molar-refractivity contribution < 1.29 is 4.79 Å². The molecule has 5 rings (SSSR count). The summed E-state index contributed by atoms with van der Waals surface area (Å²) in [6.07, 6.45) is 0.639. The Morgan fingerprint density at radius 1 is 1.09 bits per heavy atom. The van der Waals surface area contributed by atoms with Crippen LogP contribution < -0.4 is 5.43 Å². The van der Waals surface area contributed by atoms with Gasteiger partial charge in [-0.2, -0.15) is 11.3 Å². The van der Waals surface area contributed by atoms with Crippen molar-refractivity contribution in [1.82, 2.24) is 14.4 Å². The number of amides is 1. The van der Waals surface area contributed by atoms with Gasteiger partial charge in [0, 0.05) is 66.2 Å². The number of aryl methyl sites for hydroxylation is 1. The lowest BCUT2D eigenvalue weighted by molar-refractivity contribution is 0.0592. The first kappa shape index (κ1) is 22.4. The third-order valence-corrected chi connectivity index (χ3v) is 8.74. The van der Waals surface area contributed by atoms with Gasteiger partial charge in [0.2, 0.25) is 0 Å². The molecule has 4 heterocycles. The van der Waals surface area contributed by atoms with Gasteiger partial charge in [0.15, 0.2) is 5.43 Å². The quantitative estimate of drug-likeness (QED) is 0.543. The number of hydrogen-bond donors (Lipinski definition) is 0. The summed E-state index contributed by atoms with van der Waals surface area (Å²) in [6.45, 7) is 9.33. The molecule has 0 N–H and O–H groups in total. The van der Waals surface area contributed by atoms with E-state index < -0.39 is 0 Å². The molecule has 1 saturated heterocycles. The van der Waals surface area contributed by atoms with Gasteiger partial charge in [-0.3, -0.25) is 14.5 Å². The molecule has 1 fully saturated rings. The van der Waals surface area contributed by atoms with Crippen LogP contribution in [0.5, 0.6) is 0 Å². The second-order valence-corrected chi connectivity index (χ2v) is 11.1. The smallest absolute Gasteiger partial charge is 0.259 e. The van der Waals surface area contributed by atoms with E-state index >= 15 is 0 Å². The fourth-order valence-corrected chi connectivity index (χ4v) is 6.97. The van der Waals surface area contributed by atoms with Crippen LogP contribution >= 0.6 is 23.1 Å². The highest BCUT2D eigenvalue weighted by Gasteiger charge is 2.32. The number of thiophene rings is 1. The molecule has 0 bridgehead atoms. The summed E-state index contributed by atoms with van der Waals surface area (Å²) in [5.74, 6) is -0.124. The number of thioether (sulfide) groups is 1. The van der Waals surface area contributed by atoms with Gasteiger partial charge in [-0.1, -0.05) is 12.1 Å². The van der Waals surface area contributed by atoms with Crippen LogP contribution in [0.15, 0.2) is 56.8 Å². The molecule has 1 amide bonds. The number of carbonyl (C=O) groups is 1. The molecule has 1 aromatic carbocycles. The van der Waals surface area contributed by atoms with E-state index in [-0.39, 0.29) is 16.6 Å². The van der Waals surface area contributed by atoms with Crippen LogP contribution in [0, 0.1) is 6.92 Å². The molecule has 33 heavy (non-hydrogen) atoms. The molecule has 2 aromatic heterocycles. The number of pyridine rings is 1. The highest BCUT2D eigenvalue weighted by molar-refractivity contribution is 7.99. The first-order valence-electron chi connectivity index (χ1n) is 11.5. The van der Waals surface area contributed by atoms with Gasteiger partial charge in [-0.25, -0.2) is 0 Å². The zero-order valence-corrected chi connectivity index (χ0v) is 20.9. The molecule has 2 aliphatic rings. The van der Waals surface area contributed by atoms with Gasteiger partial charge in [0.1, 0.15) is 5.56 Å². The van der Waals surface area contributed by atoms with Crippen molar-refractivity contribution in [3.05, 3.63) is 79.9 Å². The summed E-state index contributed by atoms with van der Waals surface area (Å²) in [5.41, 5.74) is 4.18. The van der Waals surface area contributed by atoms with E-state index in [1.54, 1.807) is 17.4 Å². The van der Waals surface area contributed by atoms with Crippen molar-refractivity contribution in [3.63, 3.8) is 0 Å². The number of aromatic nitrogens is 1. The zero-order valence-electron chi connectivity index (χ0n) is 19.3. The number of fused-ring (bicyclic) bond motifs is 3. The average molecular weight is 480 g/mol. The summed E-state index contributed by atoms with van der Waals surface area (Å²) in [5, 5.41) is 4.42. The summed E-state index contributed by atoms with van der Waals surface area (Å²) < 4.78 is 2.15. The zero-order chi connectivity index (χ0) is 23.1. The van der Waals surface area contributed by atoms with Gasteiger partial charge in [-0.05, 0) is 55.3 Å². The predicted octanol–water partition coefficient (Wildman–Crippen LogP) is 4.76. The Hall–Kier alpha value is -2.35. The van der Waals surface area contributed by atoms with Crippen LogP contribution in [-0.2, 0) is 6.42 Å². The minimum absolute atomic E-state index is 0.124. The highest BCUT2D eigenvalue weighted by Crippen LogP contribution is 2.44. The molecule has 0 aliphatic carbocycles. The Labute approximate surface area is 203 Å². The van der Waals surface area contributed by atoms with Crippen LogP contribution in [0.25, 0.3) is 5.69 Å². The molecule has 0 saturated carbocycles. The van der Waals surface area contributed by atoms with Crippen molar-refractivity contribution in [1.29, 1.82) is 0 Å². The lowest BCUT2D eigenvalue weighted by Gasteiger charge is -2.37. The maximum Gasteiger partial charge on any atom is 0.259 e. The summed E-state index contributed by atoms with van der Waals surface area (Å²) >= 11 is 3.50. The standard InChI is InChI=1S/C26H29N3O2S2/c1-17(2)27-9-11-28(12-10-27)26(31)25-21-15-24(19-8-13-32-16-19)33-23-7-5-4-6-20(23)29(21)18(3)14-22(25)30/h4-8,13-14,16-17,24H,9-12,15H2,1-3H3. The van der Waals surface area contributed by atoms with Gasteiger partial charge in [-0.15, -0.1) is 11.8 Å². The van der Waals surface area contributed by atoms with Crippen LogP contribution in [0.3, 0.4) is 0 Å². The molecule has 1 atom stereocenters. The topological polar surface area (TPSA) is 45.6 Å². The van der Waals surface area contributed by atoms with E-state index in [0.717, 1.165) is 30.2 Å². The van der Waals surface area contributed by atoms with E-state index in [2.05, 4.69) is 58.3 Å². The van der Waals surface area contributed by atoms with Crippen molar-refractivity contribution >= 4 is 29.0 Å². The van der Waals surface area contributed by atoms with Gasteiger partial charge in [0.05, 0.1) is 5.69 Å². The second-order valence-electron chi connectivity index (χ2n) is 9.06. The summed E-state index contributed by atoms with van der Waals surface area (Å²) in [6, 6.07) is 12.6. The second kappa shape index (κ2) is 9.12. The van der Waals surface area contributed by atoms with E-state index in [9.17, 15) is 9.59 Å². The third-order valence-electron chi connectivity index (χ3n) is 6.71. The van der Waals surface area contributed by atoms with E-state index in [1.165, 1.54) is 10.5 Å². The molecule has 0 radical (unpaired) electrons. The maximum atomic E-state index is 13.8. The molecule has 0 spiro atoms. The first-order valence-corrected chi connectivity index (χ1v) is 13.3. The first-order chi connectivity index (χ1) is 15.9. The SMILES string of the molecule is Cc1cc(=O)c(C(=O)N2CCN(C(C)C)CC2)c2n1-c1ccccc1SC(c1ccsc1)C2. The Morgan fingerprint density at radius 3 is 2.55 bits per heavy atom. The van der Waals surface area contributed by atoms with E-state index in [1.807, 2.05) is 29.7 Å². The highest BCUT2D eigenvalue weighted by atomic mass is 32.2. The summed E-state index contributed by atoms with van der Waals surface area (Å²) in [4.78, 5) is 32.5. The number of rotatable bonds is 3. The number of para-hydroxylation sites is 1. The van der Waals surface area contributed by atoms with Crippen molar-refractivity contribution in [2.24, 2.45) is 0 Å². The van der Waals surface area contributed by atoms with Crippen molar-refractivity contribution in [2.45, 2.75) is 43.4 Å². The Balaban J connectivity index is 1.62. The van der Waals surface area contributed by atoms with E-state index in [4.69, 9.17) is 0 Å². The van der Waals surface area contributed by atoms with Crippen molar-refractivity contribution in [2.75, 3.05) is 26.2 Å². The normalized spacial score (nSPS) is 18.7. The molecule has 1 unspecified atom stereocenters. The van der Waals surface area contributed by atoms with Crippen molar-refractivity contribution in [3.8, 4) is 5.69 Å². The lowest BCUT2D eigenvalue weighted by Crippen LogP contribution is -2.51.